The molecule has 2 aromatic carbocycles. The molecule has 0 atom stereocenters. The summed E-state index contributed by atoms with van der Waals surface area (Å²) < 4.78 is 13.1. The Morgan fingerprint density at radius 2 is 1.90 bits per heavy atom. The van der Waals surface area contributed by atoms with E-state index < -0.39 is 5.82 Å². The van der Waals surface area contributed by atoms with Gasteiger partial charge in [-0.25, -0.2) is 4.39 Å². The number of carbonyl (C=O) groups excluding carboxylic acids is 1. The number of nitrogens with zero attached hydrogens (tertiary/aromatic N) is 1. The molecule has 2 aromatic rings. The van der Waals surface area contributed by atoms with Gasteiger partial charge in [0, 0.05) is 18.3 Å². The summed E-state index contributed by atoms with van der Waals surface area (Å²) in [6.45, 7) is 0.595. The van der Waals surface area contributed by atoms with Crippen LogP contribution >= 0.6 is 0 Å². The predicted octanol–water partition coefficient (Wildman–Crippen LogP) is 2.60. The molecule has 0 heterocycles. The Kier molecular flexibility index (Phi) is 4.48. The van der Waals surface area contributed by atoms with Gasteiger partial charge in [-0.15, -0.1) is 0 Å². The topological polar surface area (TPSA) is 46.3 Å². The van der Waals surface area contributed by atoms with Crippen molar-refractivity contribution in [1.82, 2.24) is 0 Å². The van der Waals surface area contributed by atoms with Crippen molar-refractivity contribution in [2.45, 2.75) is 6.42 Å². The number of nitrogens with two attached hydrogens (primary N) is 1. The molecule has 0 saturated carbocycles. The number of amides is 1. The van der Waals surface area contributed by atoms with E-state index in [2.05, 4.69) is 0 Å². The monoisotopic (exact) mass is 272 g/mol. The molecular formula is C16H17FN2O. The van der Waals surface area contributed by atoms with E-state index >= 15 is 0 Å². The SMILES string of the molecule is CN(C(=O)c1cccc(F)c1)c1ccc(CCN)cc1. The second-order valence-electron chi connectivity index (χ2n) is 4.58. The lowest BCUT2D eigenvalue weighted by molar-refractivity contribution is 0.0992. The van der Waals surface area contributed by atoms with Crippen molar-refractivity contribution in [2.24, 2.45) is 5.73 Å². The van der Waals surface area contributed by atoms with Crippen LogP contribution in [0, 0.1) is 5.82 Å². The van der Waals surface area contributed by atoms with Crippen LogP contribution in [0.5, 0.6) is 0 Å². The quantitative estimate of drug-likeness (QED) is 0.930. The highest BCUT2D eigenvalue weighted by molar-refractivity contribution is 6.05. The summed E-state index contributed by atoms with van der Waals surface area (Å²) in [5, 5.41) is 0. The van der Waals surface area contributed by atoms with Crippen LogP contribution in [0.1, 0.15) is 15.9 Å². The van der Waals surface area contributed by atoms with Crippen molar-refractivity contribution in [1.29, 1.82) is 0 Å². The Morgan fingerprint density at radius 1 is 1.20 bits per heavy atom. The van der Waals surface area contributed by atoms with Gasteiger partial charge >= 0.3 is 0 Å². The van der Waals surface area contributed by atoms with Crippen molar-refractivity contribution in [3.05, 3.63) is 65.5 Å². The van der Waals surface area contributed by atoms with E-state index in [9.17, 15) is 9.18 Å². The van der Waals surface area contributed by atoms with Crippen LogP contribution in [-0.2, 0) is 6.42 Å². The predicted molar refractivity (Wildman–Crippen MR) is 78.3 cm³/mol. The first kappa shape index (κ1) is 14.2. The Morgan fingerprint density at radius 3 is 2.50 bits per heavy atom. The fraction of sp³-hybridized carbons (Fsp3) is 0.188. The summed E-state index contributed by atoms with van der Waals surface area (Å²) in [6.07, 6.45) is 0.807. The number of anilines is 1. The van der Waals surface area contributed by atoms with Crippen LogP contribution in [-0.4, -0.2) is 19.5 Å². The molecule has 0 aromatic heterocycles. The molecule has 0 bridgehead atoms. The lowest BCUT2D eigenvalue weighted by Gasteiger charge is -2.17. The van der Waals surface area contributed by atoms with Gasteiger partial charge in [0.1, 0.15) is 5.82 Å². The van der Waals surface area contributed by atoms with Crippen molar-refractivity contribution < 1.29 is 9.18 Å². The average molecular weight is 272 g/mol. The van der Waals surface area contributed by atoms with Crippen molar-refractivity contribution in [3.8, 4) is 0 Å². The maximum Gasteiger partial charge on any atom is 0.258 e. The number of hydrogen-bond acceptors (Lipinski definition) is 2. The summed E-state index contributed by atoms with van der Waals surface area (Å²) in [6, 6.07) is 13.3. The Balaban J connectivity index is 2.18. The van der Waals surface area contributed by atoms with Gasteiger partial charge in [0.2, 0.25) is 0 Å². The van der Waals surface area contributed by atoms with Crippen LogP contribution < -0.4 is 10.6 Å². The van der Waals surface area contributed by atoms with Crippen LogP contribution in [0.25, 0.3) is 0 Å². The van der Waals surface area contributed by atoms with E-state index in [4.69, 9.17) is 5.73 Å². The number of hydrogen-bond donors (Lipinski definition) is 1. The van der Waals surface area contributed by atoms with Gasteiger partial charge in [0.25, 0.3) is 5.91 Å². The molecule has 0 spiro atoms. The molecule has 1 amide bonds. The number of halogens is 1. The molecule has 0 fully saturated rings. The minimum absolute atomic E-state index is 0.240. The first-order valence-corrected chi connectivity index (χ1v) is 6.44. The highest BCUT2D eigenvalue weighted by Gasteiger charge is 2.13. The number of carbonyl (C=O) groups is 1. The Labute approximate surface area is 117 Å². The molecule has 0 aliphatic carbocycles. The zero-order valence-electron chi connectivity index (χ0n) is 11.3. The molecule has 3 nitrogen and oxygen atoms in total. The van der Waals surface area contributed by atoms with E-state index in [1.165, 1.54) is 23.1 Å². The van der Waals surface area contributed by atoms with E-state index in [0.717, 1.165) is 17.7 Å². The normalized spacial score (nSPS) is 10.3. The minimum atomic E-state index is -0.414. The summed E-state index contributed by atoms with van der Waals surface area (Å²) in [5.41, 5.74) is 7.72. The molecule has 104 valence electrons. The zero-order valence-corrected chi connectivity index (χ0v) is 11.3. The number of rotatable bonds is 4. The third-order valence-corrected chi connectivity index (χ3v) is 3.13. The molecule has 20 heavy (non-hydrogen) atoms. The molecule has 0 aliphatic rings. The van der Waals surface area contributed by atoms with Crippen LogP contribution in [0.3, 0.4) is 0 Å². The van der Waals surface area contributed by atoms with E-state index in [1.54, 1.807) is 13.1 Å². The highest BCUT2D eigenvalue weighted by atomic mass is 19.1. The van der Waals surface area contributed by atoms with Gasteiger partial charge in [-0.2, -0.15) is 0 Å². The first-order valence-electron chi connectivity index (χ1n) is 6.44. The summed E-state index contributed by atoms with van der Waals surface area (Å²) >= 11 is 0. The Hall–Kier alpha value is -2.20. The lowest BCUT2D eigenvalue weighted by Crippen LogP contribution is -2.26. The van der Waals surface area contributed by atoms with Gasteiger partial charge in [0.05, 0.1) is 0 Å². The van der Waals surface area contributed by atoms with Gasteiger partial charge in [-0.3, -0.25) is 4.79 Å². The highest BCUT2D eigenvalue weighted by Crippen LogP contribution is 2.17. The van der Waals surface area contributed by atoms with Gasteiger partial charge in [-0.05, 0) is 48.9 Å². The Bertz CT molecular complexity index is 596. The fourth-order valence-corrected chi connectivity index (χ4v) is 1.99. The third-order valence-electron chi connectivity index (χ3n) is 3.13. The second-order valence-corrected chi connectivity index (χ2v) is 4.58. The second kappa shape index (κ2) is 6.30. The van der Waals surface area contributed by atoms with Crippen molar-refractivity contribution in [3.63, 3.8) is 0 Å². The zero-order chi connectivity index (χ0) is 14.5. The van der Waals surface area contributed by atoms with Gasteiger partial charge in [0.15, 0.2) is 0 Å². The van der Waals surface area contributed by atoms with Crippen molar-refractivity contribution in [2.75, 3.05) is 18.5 Å². The van der Waals surface area contributed by atoms with Crippen LogP contribution in [0.15, 0.2) is 48.5 Å². The van der Waals surface area contributed by atoms with Gasteiger partial charge < -0.3 is 10.6 Å². The van der Waals surface area contributed by atoms with Crippen LogP contribution in [0.2, 0.25) is 0 Å². The molecule has 0 saturated heterocycles. The lowest BCUT2D eigenvalue weighted by atomic mass is 10.1. The smallest absolute Gasteiger partial charge is 0.258 e. The minimum Gasteiger partial charge on any atom is -0.330 e. The molecule has 2 rings (SSSR count). The molecule has 2 N–H and O–H groups in total. The van der Waals surface area contributed by atoms with E-state index in [0.29, 0.717) is 12.1 Å². The summed E-state index contributed by atoms with van der Waals surface area (Å²) in [5.74, 6) is -0.654. The molecule has 0 aliphatic heterocycles. The van der Waals surface area contributed by atoms with Crippen LogP contribution in [0.4, 0.5) is 10.1 Å². The molecule has 0 unspecified atom stereocenters. The maximum absolute atomic E-state index is 13.1. The summed E-state index contributed by atoms with van der Waals surface area (Å²) in [4.78, 5) is 13.7. The standard InChI is InChI=1S/C16H17FN2O/c1-19(15-7-5-12(6-8-15)9-10-18)16(20)13-3-2-4-14(17)11-13/h2-8,11H,9-10,18H2,1H3. The van der Waals surface area contributed by atoms with E-state index in [-0.39, 0.29) is 5.91 Å². The third kappa shape index (κ3) is 3.22. The van der Waals surface area contributed by atoms with E-state index in [1.807, 2.05) is 24.3 Å². The largest absolute Gasteiger partial charge is 0.330 e. The summed E-state index contributed by atoms with van der Waals surface area (Å²) in [7, 11) is 1.67. The maximum atomic E-state index is 13.1. The average Bonchev–Trinajstić information content (AvgIpc) is 2.47. The van der Waals surface area contributed by atoms with Crippen molar-refractivity contribution >= 4 is 11.6 Å². The molecular weight excluding hydrogens is 255 g/mol. The molecule has 0 radical (unpaired) electrons. The number of benzene rings is 2. The fourth-order valence-electron chi connectivity index (χ4n) is 1.99. The van der Waals surface area contributed by atoms with Gasteiger partial charge in [-0.1, -0.05) is 18.2 Å². The molecule has 4 heteroatoms. The first-order chi connectivity index (χ1) is 9.61.